The molecule has 214 valence electrons. The van der Waals surface area contributed by atoms with Crippen molar-refractivity contribution in [1.29, 1.82) is 0 Å². The standard InChI is InChI=1S/C30H31F3NO4P.HI/c1-5-19-37-28(35)27(34-29(36)38-30(2,3)4)18-20-39(24-12-6-21(31)7-13-24,25-14-8-22(32)9-15-25)26-16-10-23(33)11-17-26;/h5-17,27H,1,18-20H2,2-4H3;1H. The molecular weight excluding hydrogens is 653 g/mol. The second-order valence-electron chi connectivity index (χ2n) is 9.87. The van der Waals surface area contributed by atoms with Crippen LogP contribution in [0.1, 0.15) is 27.2 Å². The molecule has 0 radical (unpaired) electrons. The fourth-order valence-corrected chi connectivity index (χ4v) is 8.47. The number of amides is 1. The van der Waals surface area contributed by atoms with E-state index < -0.39 is 48.4 Å². The fourth-order valence-electron chi connectivity index (χ4n) is 4.18. The quantitative estimate of drug-likeness (QED) is 0.154. The van der Waals surface area contributed by atoms with Crippen molar-refractivity contribution in [1.82, 2.24) is 5.32 Å². The summed E-state index contributed by atoms with van der Waals surface area (Å²) in [6.07, 6.45) is 0.988. The van der Waals surface area contributed by atoms with Crippen LogP contribution in [0.3, 0.4) is 0 Å². The average molecular weight is 685 g/mol. The molecule has 0 fully saturated rings. The van der Waals surface area contributed by atoms with Crippen LogP contribution in [0.15, 0.2) is 85.5 Å². The van der Waals surface area contributed by atoms with E-state index in [9.17, 15) is 22.8 Å². The summed E-state index contributed by atoms with van der Waals surface area (Å²) in [5.41, 5.74) is -0.799. The summed E-state index contributed by atoms with van der Waals surface area (Å²) < 4.78 is 52.6. The highest BCUT2D eigenvalue weighted by molar-refractivity contribution is 7.95. The van der Waals surface area contributed by atoms with Crippen molar-refractivity contribution in [2.24, 2.45) is 0 Å². The lowest BCUT2D eigenvalue weighted by Gasteiger charge is -2.29. The van der Waals surface area contributed by atoms with Crippen LogP contribution in [-0.2, 0) is 14.3 Å². The van der Waals surface area contributed by atoms with Crippen LogP contribution in [0.5, 0.6) is 0 Å². The van der Waals surface area contributed by atoms with Gasteiger partial charge in [0.15, 0.2) is 0 Å². The lowest BCUT2D eigenvalue weighted by atomic mass is 10.2. The van der Waals surface area contributed by atoms with E-state index in [1.165, 1.54) is 42.5 Å². The van der Waals surface area contributed by atoms with E-state index in [2.05, 4.69) is 11.9 Å². The predicted molar refractivity (Wildman–Crippen MR) is 149 cm³/mol. The molecule has 0 heterocycles. The van der Waals surface area contributed by atoms with Gasteiger partial charge in [-0.1, -0.05) is 12.7 Å². The maximum Gasteiger partial charge on any atom is 0.408 e. The number of hydrogen-bond donors (Lipinski definition) is 1. The number of alkyl carbamates (subject to hydrolysis) is 1. The molecule has 0 aliphatic rings. The second kappa shape index (κ2) is 14.6. The zero-order valence-corrected chi connectivity index (χ0v) is 25.6. The van der Waals surface area contributed by atoms with Gasteiger partial charge in [-0.15, -0.1) is 0 Å². The molecule has 10 heteroatoms. The summed E-state index contributed by atoms with van der Waals surface area (Å²) in [5.74, 6) is -2.00. The third-order valence-corrected chi connectivity index (χ3v) is 10.3. The molecule has 0 bridgehead atoms. The molecule has 0 aliphatic carbocycles. The molecule has 0 spiro atoms. The minimum Gasteiger partial charge on any atom is -1.00 e. The van der Waals surface area contributed by atoms with Gasteiger partial charge in [-0.2, -0.15) is 0 Å². The van der Waals surface area contributed by atoms with Gasteiger partial charge in [0.05, 0.1) is 6.16 Å². The monoisotopic (exact) mass is 685 g/mol. The number of hydrogen-bond acceptors (Lipinski definition) is 4. The largest absolute Gasteiger partial charge is 1.00 e. The first-order valence-corrected chi connectivity index (χ1v) is 14.4. The lowest BCUT2D eigenvalue weighted by Crippen LogP contribution is -3.00. The fraction of sp³-hybridized carbons (Fsp3) is 0.267. The molecule has 0 aliphatic heterocycles. The van der Waals surface area contributed by atoms with Gasteiger partial charge in [-0.25, -0.2) is 22.8 Å². The summed E-state index contributed by atoms with van der Waals surface area (Å²) in [4.78, 5) is 25.6. The van der Waals surface area contributed by atoms with E-state index >= 15 is 0 Å². The first-order chi connectivity index (χ1) is 18.4. The van der Waals surface area contributed by atoms with Crippen molar-refractivity contribution in [3.8, 4) is 0 Å². The van der Waals surface area contributed by atoms with Gasteiger partial charge in [-0.3, -0.25) is 0 Å². The molecule has 3 rings (SSSR count). The van der Waals surface area contributed by atoms with Gasteiger partial charge in [0, 0.05) is 6.42 Å². The van der Waals surface area contributed by atoms with Crippen molar-refractivity contribution < 1.29 is 56.2 Å². The Morgan fingerprint density at radius 3 is 1.60 bits per heavy atom. The van der Waals surface area contributed by atoms with Crippen LogP contribution < -0.4 is 45.2 Å². The van der Waals surface area contributed by atoms with E-state index in [0.717, 1.165) is 15.9 Å². The van der Waals surface area contributed by atoms with Crippen molar-refractivity contribution in [2.45, 2.75) is 38.8 Å². The molecule has 5 nitrogen and oxygen atoms in total. The number of nitrogens with one attached hydrogen (secondary N) is 1. The van der Waals surface area contributed by atoms with Gasteiger partial charge in [-0.05, 0) is 93.6 Å². The highest BCUT2D eigenvalue weighted by Crippen LogP contribution is 2.56. The van der Waals surface area contributed by atoms with Crippen LogP contribution in [-0.4, -0.2) is 36.5 Å². The van der Waals surface area contributed by atoms with E-state index in [0.29, 0.717) is 0 Å². The van der Waals surface area contributed by atoms with Gasteiger partial charge in [0.25, 0.3) is 0 Å². The Hall–Kier alpha value is -2.91. The Balaban J connectivity index is 0.00000560. The van der Waals surface area contributed by atoms with Gasteiger partial charge < -0.3 is 38.8 Å². The van der Waals surface area contributed by atoms with E-state index in [1.807, 2.05) is 0 Å². The number of esters is 1. The van der Waals surface area contributed by atoms with Crippen molar-refractivity contribution >= 4 is 35.2 Å². The third kappa shape index (κ3) is 8.80. The number of carbonyl (C=O) groups excluding carboxylic acids is 2. The molecule has 0 saturated carbocycles. The number of halogens is 4. The smallest absolute Gasteiger partial charge is 0.408 e. The number of benzene rings is 3. The summed E-state index contributed by atoms with van der Waals surface area (Å²) in [6.45, 7) is 8.60. The van der Waals surface area contributed by atoms with Gasteiger partial charge in [0.1, 0.15) is 58.9 Å². The molecule has 1 atom stereocenters. The summed E-state index contributed by atoms with van der Waals surface area (Å²) in [6, 6.07) is 16.7. The minimum absolute atomic E-state index is 0. The molecule has 0 saturated heterocycles. The van der Waals surface area contributed by atoms with E-state index in [1.54, 1.807) is 57.2 Å². The predicted octanol–water partition coefficient (Wildman–Crippen LogP) is 2.41. The number of rotatable bonds is 10. The second-order valence-corrected chi connectivity index (χ2v) is 13.5. The summed E-state index contributed by atoms with van der Waals surface area (Å²) in [7, 11) is -2.74. The highest BCUT2D eigenvalue weighted by atomic mass is 127. The minimum atomic E-state index is -2.74. The molecule has 40 heavy (non-hydrogen) atoms. The first kappa shape index (κ1) is 33.3. The Bertz CT molecular complexity index is 1170. The summed E-state index contributed by atoms with van der Waals surface area (Å²) in [5, 5.41) is 4.81. The summed E-state index contributed by atoms with van der Waals surface area (Å²) >= 11 is 0. The molecular formula is C30H32F3INO4P. The molecule has 3 aromatic rings. The van der Waals surface area contributed by atoms with Crippen LogP contribution in [0.2, 0.25) is 0 Å². The SMILES string of the molecule is C=CCOC(=O)C(CC[P+](c1ccc(F)cc1)(c1ccc(F)cc1)c1ccc(F)cc1)NC(=O)OC(C)(C)C.[I-]. The van der Waals surface area contributed by atoms with Gasteiger partial charge in [0.2, 0.25) is 0 Å². The molecule has 1 N–H and O–H groups in total. The van der Waals surface area contributed by atoms with Crippen LogP contribution in [0.4, 0.5) is 18.0 Å². The van der Waals surface area contributed by atoms with E-state index in [4.69, 9.17) is 9.47 Å². The number of carbonyl (C=O) groups is 2. The van der Waals surface area contributed by atoms with Crippen LogP contribution in [0.25, 0.3) is 0 Å². The van der Waals surface area contributed by atoms with Crippen molar-refractivity contribution in [3.05, 3.63) is 103 Å². The molecule has 1 amide bonds. The normalized spacial score (nSPS) is 12.1. The molecule has 1 unspecified atom stereocenters. The zero-order valence-electron chi connectivity index (χ0n) is 22.5. The topological polar surface area (TPSA) is 64.6 Å². The van der Waals surface area contributed by atoms with Crippen LogP contribution >= 0.6 is 7.26 Å². The zero-order chi connectivity index (χ0) is 28.6. The molecule has 0 aromatic heterocycles. The highest BCUT2D eigenvalue weighted by Gasteiger charge is 2.46. The average Bonchev–Trinajstić information content (AvgIpc) is 2.88. The van der Waals surface area contributed by atoms with Crippen LogP contribution in [0, 0.1) is 17.5 Å². The molecule has 3 aromatic carbocycles. The Morgan fingerprint density at radius 2 is 1.25 bits per heavy atom. The Morgan fingerprint density at radius 1 is 0.850 bits per heavy atom. The Labute approximate surface area is 250 Å². The maximum atomic E-state index is 14.0. The Kier molecular flexibility index (Phi) is 12.2. The van der Waals surface area contributed by atoms with Crippen molar-refractivity contribution in [2.75, 3.05) is 12.8 Å². The van der Waals surface area contributed by atoms with Crippen molar-refractivity contribution in [3.63, 3.8) is 0 Å². The van der Waals surface area contributed by atoms with E-state index in [-0.39, 0.29) is 43.2 Å². The first-order valence-electron chi connectivity index (χ1n) is 12.4. The third-order valence-electron chi connectivity index (χ3n) is 5.87. The number of ether oxygens (including phenoxy) is 2. The van der Waals surface area contributed by atoms with Gasteiger partial charge >= 0.3 is 12.1 Å². The lowest BCUT2D eigenvalue weighted by molar-refractivity contribution is -0.145. The maximum absolute atomic E-state index is 14.0.